The molecule has 1 aromatic rings. The molecule has 9 heteroatoms. The first kappa shape index (κ1) is 19.0. The first-order chi connectivity index (χ1) is 10.5. The van der Waals surface area contributed by atoms with Crippen LogP contribution in [0.2, 0.25) is 0 Å². The van der Waals surface area contributed by atoms with Crippen molar-refractivity contribution in [2.75, 3.05) is 0 Å². The van der Waals surface area contributed by atoms with E-state index in [-0.39, 0.29) is 31.2 Å². The Bertz CT molecular complexity index is 582. The van der Waals surface area contributed by atoms with Crippen LogP contribution in [0.4, 0.5) is 13.2 Å². The van der Waals surface area contributed by atoms with Crippen LogP contribution in [0.15, 0.2) is 0 Å². The van der Waals surface area contributed by atoms with Crippen molar-refractivity contribution in [3.8, 4) is 0 Å². The number of hydrogen-bond acceptors (Lipinski definition) is 3. The van der Waals surface area contributed by atoms with Crippen LogP contribution in [0.5, 0.6) is 0 Å². The van der Waals surface area contributed by atoms with E-state index < -0.39 is 18.7 Å². The number of halogens is 3. The molecule has 23 heavy (non-hydrogen) atoms. The summed E-state index contributed by atoms with van der Waals surface area (Å²) in [7, 11) is 0. The summed E-state index contributed by atoms with van der Waals surface area (Å²) in [5.74, 6) is -1.33. The number of aryl methyl sites for hydroxylation is 1. The number of hydrogen-bond donors (Lipinski definition) is 2. The highest BCUT2D eigenvalue weighted by molar-refractivity contribution is 5.79. The first-order valence-corrected chi connectivity index (χ1v) is 7.10. The van der Waals surface area contributed by atoms with Gasteiger partial charge in [-0.2, -0.15) is 18.3 Å². The van der Waals surface area contributed by atoms with Crippen molar-refractivity contribution in [3.05, 3.63) is 17.0 Å². The summed E-state index contributed by atoms with van der Waals surface area (Å²) < 4.78 is 38.2. The maximum atomic E-state index is 12.5. The molecule has 0 saturated carbocycles. The second-order valence-corrected chi connectivity index (χ2v) is 5.50. The molecule has 1 atom stereocenters. The topological polar surface area (TPSA) is 84.2 Å². The van der Waals surface area contributed by atoms with Crippen LogP contribution < -0.4 is 5.32 Å². The lowest BCUT2D eigenvalue weighted by atomic mass is 10.1. The molecule has 6 nitrogen and oxygen atoms in total. The second-order valence-electron chi connectivity index (χ2n) is 5.50. The van der Waals surface area contributed by atoms with Gasteiger partial charge in [0.05, 0.1) is 12.1 Å². The molecule has 0 bridgehead atoms. The average molecular weight is 335 g/mol. The predicted octanol–water partition coefficient (Wildman–Crippen LogP) is 1.97. The minimum Gasteiger partial charge on any atom is -0.481 e. The van der Waals surface area contributed by atoms with Crippen LogP contribution in [0.3, 0.4) is 0 Å². The summed E-state index contributed by atoms with van der Waals surface area (Å²) in [6.45, 7) is 3.52. The van der Waals surface area contributed by atoms with Gasteiger partial charge in [0.25, 0.3) is 0 Å². The third kappa shape index (κ3) is 6.29. The molecular formula is C14H20F3N3O3. The van der Waals surface area contributed by atoms with Crippen LogP contribution in [0.1, 0.15) is 36.7 Å². The minimum absolute atomic E-state index is 0.0665. The Balaban J connectivity index is 2.70. The van der Waals surface area contributed by atoms with Crippen LogP contribution in [-0.4, -0.2) is 39.0 Å². The van der Waals surface area contributed by atoms with Gasteiger partial charge in [-0.1, -0.05) is 0 Å². The molecule has 2 N–H and O–H groups in total. The zero-order valence-corrected chi connectivity index (χ0v) is 13.2. The van der Waals surface area contributed by atoms with E-state index in [9.17, 15) is 22.8 Å². The molecule has 0 saturated heterocycles. The van der Waals surface area contributed by atoms with Gasteiger partial charge in [-0.15, -0.1) is 0 Å². The molecule has 0 radical (unpaired) electrons. The molecule has 1 heterocycles. The number of nitrogens with one attached hydrogen (secondary N) is 1. The lowest BCUT2D eigenvalue weighted by molar-refractivity contribution is -0.143. The van der Waals surface area contributed by atoms with Crippen molar-refractivity contribution in [2.24, 2.45) is 0 Å². The van der Waals surface area contributed by atoms with Crippen LogP contribution in [-0.2, 0) is 22.6 Å². The summed E-state index contributed by atoms with van der Waals surface area (Å²) in [5.41, 5.74) is 1.13. The molecule has 0 fully saturated rings. The Morgan fingerprint density at radius 3 is 2.48 bits per heavy atom. The second kappa shape index (κ2) is 7.47. The van der Waals surface area contributed by atoms with E-state index in [1.54, 1.807) is 13.8 Å². The highest BCUT2D eigenvalue weighted by atomic mass is 19.4. The number of aromatic nitrogens is 2. The number of carboxylic acid groups (broad SMARTS) is 1. The van der Waals surface area contributed by atoms with Crippen molar-refractivity contribution in [2.45, 2.75) is 58.8 Å². The van der Waals surface area contributed by atoms with Crippen molar-refractivity contribution in [1.29, 1.82) is 0 Å². The molecule has 0 aliphatic heterocycles. The molecule has 0 aliphatic rings. The first-order valence-electron chi connectivity index (χ1n) is 7.10. The summed E-state index contributed by atoms with van der Waals surface area (Å²) >= 11 is 0. The van der Waals surface area contributed by atoms with Crippen LogP contribution in [0, 0.1) is 13.8 Å². The van der Waals surface area contributed by atoms with E-state index in [1.807, 2.05) is 0 Å². The summed E-state index contributed by atoms with van der Waals surface area (Å²) in [6.07, 6.45) is -4.25. The fourth-order valence-electron chi connectivity index (χ4n) is 2.21. The van der Waals surface area contributed by atoms with Gasteiger partial charge in [0, 0.05) is 23.7 Å². The fraction of sp³-hybridized carbons (Fsp3) is 0.643. The monoisotopic (exact) mass is 335 g/mol. The normalized spacial score (nSPS) is 13.0. The van der Waals surface area contributed by atoms with Gasteiger partial charge in [-0.25, -0.2) is 0 Å². The Morgan fingerprint density at radius 1 is 1.35 bits per heavy atom. The van der Waals surface area contributed by atoms with E-state index in [4.69, 9.17) is 5.11 Å². The molecule has 1 rings (SSSR count). The quantitative estimate of drug-likeness (QED) is 0.798. The predicted molar refractivity (Wildman–Crippen MR) is 75.9 cm³/mol. The number of rotatable bonds is 7. The number of carbonyl (C=O) groups excluding carboxylic acids is 1. The van der Waals surface area contributed by atoms with E-state index in [0.717, 1.165) is 4.68 Å². The zero-order chi connectivity index (χ0) is 17.8. The number of aliphatic carboxylic acids is 1. The van der Waals surface area contributed by atoms with Crippen molar-refractivity contribution >= 4 is 11.9 Å². The van der Waals surface area contributed by atoms with Crippen LogP contribution in [0.25, 0.3) is 0 Å². The standard InChI is InChI=1S/C14H20F3N3O3/c1-8(4-5-13(22)23)18-12(21)6-11-9(2)19-20(10(11)3)7-14(15,16)17/h8H,4-7H2,1-3H3,(H,18,21)(H,22,23). The zero-order valence-electron chi connectivity index (χ0n) is 13.2. The van der Waals surface area contributed by atoms with E-state index in [2.05, 4.69) is 10.4 Å². The maximum Gasteiger partial charge on any atom is 0.408 e. The lowest BCUT2D eigenvalue weighted by Gasteiger charge is -2.13. The van der Waals surface area contributed by atoms with Crippen LogP contribution >= 0.6 is 0 Å². The van der Waals surface area contributed by atoms with Gasteiger partial charge >= 0.3 is 12.1 Å². The van der Waals surface area contributed by atoms with E-state index >= 15 is 0 Å². The highest BCUT2D eigenvalue weighted by Gasteiger charge is 2.30. The largest absolute Gasteiger partial charge is 0.481 e. The van der Waals surface area contributed by atoms with Crippen molar-refractivity contribution in [1.82, 2.24) is 15.1 Å². The third-order valence-corrected chi connectivity index (χ3v) is 3.40. The van der Waals surface area contributed by atoms with Gasteiger partial charge in [0.1, 0.15) is 6.54 Å². The Morgan fingerprint density at radius 2 is 1.96 bits per heavy atom. The number of nitrogens with zero attached hydrogens (tertiary/aromatic N) is 2. The number of amides is 1. The smallest absolute Gasteiger partial charge is 0.408 e. The van der Waals surface area contributed by atoms with Gasteiger partial charge in [-0.3, -0.25) is 14.3 Å². The third-order valence-electron chi connectivity index (χ3n) is 3.40. The summed E-state index contributed by atoms with van der Waals surface area (Å²) in [5, 5.41) is 15.0. The number of alkyl halides is 3. The average Bonchev–Trinajstić information content (AvgIpc) is 2.62. The van der Waals surface area contributed by atoms with Crippen molar-refractivity contribution < 1.29 is 27.9 Å². The molecule has 130 valence electrons. The van der Waals surface area contributed by atoms with Gasteiger partial charge < -0.3 is 10.4 Å². The Labute approximate surface area is 131 Å². The number of carbonyl (C=O) groups is 2. The summed E-state index contributed by atoms with van der Waals surface area (Å²) in [6, 6.07) is -0.329. The molecule has 0 aliphatic carbocycles. The van der Waals surface area contributed by atoms with Gasteiger partial charge in [0.2, 0.25) is 5.91 Å². The molecule has 1 aromatic heterocycles. The Kier molecular flexibility index (Phi) is 6.17. The molecule has 0 aromatic carbocycles. The summed E-state index contributed by atoms with van der Waals surface area (Å²) in [4.78, 5) is 22.4. The molecule has 1 amide bonds. The van der Waals surface area contributed by atoms with Crippen molar-refractivity contribution in [3.63, 3.8) is 0 Å². The van der Waals surface area contributed by atoms with Gasteiger partial charge in [0.15, 0.2) is 0 Å². The fourth-order valence-corrected chi connectivity index (χ4v) is 2.21. The highest BCUT2D eigenvalue weighted by Crippen LogP contribution is 2.21. The van der Waals surface area contributed by atoms with Gasteiger partial charge in [-0.05, 0) is 27.2 Å². The minimum atomic E-state index is -4.38. The maximum absolute atomic E-state index is 12.5. The van der Waals surface area contributed by atoms with E-state index in [0.29, 0.717) is 17.0 Å². The molecule has 1 unspecified atom stereocenters. The molecular weight excluding hydrogens is 315 g/mol. The SMILES string of the molecule is Cc1nn(CC(F)(F)F)c(C)c1CC(=O)NC(C)CCC(=O)O. The molecule has 0 spiro atoms. The van der Waals surface area contributed by atoms with E-state index in [1.165, 1.54) is 6.92 Å². The number of carboxylic acids is 1. The lowest BCUT2D eigenvalue weighted by Crippen LogP contribution is -2.34. The Hall–Kier alpha value is -2.06.